The molecule has 0 bridgehead atoms. The molecule has 0 aliphatic heterocycles. The minimum atomic E-state index is -3.22. The molecule has 0 spiro atoms. The second-order valence-corrected chi connectivity index (χ2v) is 8.51. The minimum absolute atomic E-state index is 0.223. The Labute approximate surface area is 135 Å². The molecule has 0 aromatic carbocycles. The molecule has 1 saturated carbocycles. The van der Waals surface area contributed by atoms with E-state index < -0.39 is 10.0 Å². The van der Waals surface area contributed by atoms with Gasteiger partial charge in [-0.25, -0.2) is 13.1 Å². The zero-order valence-electron chi connectivity index (χ0n) is 12.4. The average molecular weight is 336 g/mol. The summed E-state index contributed by atoms with van der Waals surface area (Å²) in [5.74, 6) is 0. The van der Waals surface area contributed by atoms with Gasteiger partial charge in [0.15, 0.2) is 0 Å². The van der Waals surface area contributed by atoms with E-state index in [1.807, 2.05) is 29.0 Å². The number of sulfonamides is 1. The molecule has 0 amide bonds. The molecule has 1 N–H and O–H groups in total. The monoisotopic (exact) mass is 336 g/mol. The van der Waals surface area contributed by atoms with Crippen LogP contribution < -0.4 is 4.72 Å². The van der Waals surface area contributed by atoms with Crippen molar-refractivity contribution in [3.63, 3.8) is 0 Å². The van der Waals surface area contributed by atoms with Gasteiger partial charge in [-0.3, -0.25) is 4.98 Å². The first-order chi connectivity index (χ1) is 10.6. The van der Waals surface area contributed by atoms with Gasteiger partial charge >= 0.3 is 0 Å². The van der Waals surface area contributed by atoms with Crippen molar-refractivity contribution < 1.29 is 8.42 Å². The highest BCUT2D eigenvalue weighted by Gasteiger charge is 2.26. The van der Waals surface area contributed by atoms with Crippen LogP contribution in [0.1, 0.15) is 37.7 Å². The second-order valence-electron chi connectivity index (χ2n) is 5.69. The predicted octanol–water partition coefficient (Wildman–Crippen LogP) is 3.56. The Morgan fingerprint density at radius 3 is 2.77 bits per heavy atom. The molecule has 0 unspecified atom stereocenters. The van der Waals surface area contributed by atoms with Crippen LogP contribution in [-0.2, 0) is 16.6 Å². The van der Waals surface area contributed by atoms with Gasteiger partial charge in [0.25, 0.3) is 0 Å². The van der Waals surface area contributed by atoms with Gasteiger partial charge in [-0.2, -0.15) is 11.3 Å². The van der Waals surface area contributed by atoms with Crippen molar-refractivity contribution in [3.8, 4) is 11.3 Å². The van der Waals surface area contributed by atoms with E-state index in [9.17, 15) is 8.42 Å². The summed E-state index contributed by atoms with van der Waals surface area (Å²) in [6.45, 7) is 0.332. The molecule has 1 fully saturated rings. The van der Waals surface area contributed by atoms with E-state index in [0.717, 1.165) is 48.9 Å². The molecule has 1 aliphatic rings. The average Bonchev–Trinajstić information content (AvgIpc) is 3.09. The van der Waals surface area contributed by atoms with Crippen LogP contribution >= 0.6 is 11.3 Å². The molecule has 2 aromatic rings. The lowest BCUT2D eigenvalue weighted by Gasteiger charge is -2.22. The fourth-order valence-corrected chi connectivity index (χ4v) is 5.04. The molecular formula is C16H20N2O2S2. The maximum absolute atomic E-state index is 12.3. The van der Waals surface area contributed by atoms with Gasteiger partial charge in [0, 0.05) is 23.7 Å². The van der Waals surface area contributed by atoms with Gasteiger partial charge in [0.05, 0.1) is 10.9 Å². The van der Waals surface area contributed by atoms with Crippen molar-refractivity contribution in [1.29, 1.82) is 0 Å². The summed E-state index contributed by atoms with van der Waals surface area (Å²) >= 11 is 1.63. The first-order valence-corrected chi connectivity index (χ1v) is 10.1. The molecule has 0 radical (unpaired) electrons. The van der Waals surface area contributed by atoms with E-state index in [2.05, 4.69) is 9.71 Å². The summed E-state index contributed by atoms with van der Waals surface area (Å²) in [5.41, 5.74) is 2.90. The number of hydrogen-bond acceptors (Lipinski definition) is 4. The highest BCUT2D eigenvalue weighted by molar-refractivity contribution is 7.90. The summed E-state index contributed by atoms with van der Waals surface area (Å²) < 4.78 is 27.5. The Morgan fingerprint density at radius 2 is 2.05 bits per heavy atom. The largest absolute Gasteiger partial charge is 0.256 e. The van der Waals surface area contributed by atoms with Crippen molar-refractivity contribution in [2.75, 3.05) is 0 Å². The summed E-state index contributed by atoms with van der Waals surface area (Å²) in [6, 6.07) is 5.83. The molecule has 1 aliphatic carbocycles. The molecule has 22 heavy (non-hydrogen) atoms. The Kier molecular flexibility index (Phi) is 4.90. The molecule has 4 nitrogen and oxygen atoms in total. The fraction of sp³-hybridized carbons (Fsp3) is 0.438. The lowest BCUT2D eigenvalue weighted by molar-refractivity contribution is 0.477. The Balaban J connectivity index is 1.67. The number of thiophene rings is 1. The fourth-order valence-electron chi connectivity index (χ4n) is 2.83. The lowest BCUT2D eigenvalue weighted by Crippen LogP contribution is -2.35. The van der Waals surface area contributed by atoms with Gasteiger partial charge < -0.3 is 0 Å². The van der Waals surface area contributed by atoms with Gasteiger partial charge in [-0.15, -0.1) is 0 Å². The Bertz CT molecular complexity index is 706. The number of nitrogens with zero attached hydrogens (tertiary/aromatic N) is 1. The van der Waals surface area contributed by atoms with E-state index in [4.69, 9.17) is 0 Å². The topological polar surface area (TPSA) is 59.1 Å². The Morgan fingerprint density at radius 1 is 1.23 bits per heavy atom. The molecule has 2 heterocycles. The highest BCUT2D eigenvalue weighted by atomic mass is 32.2. The Hall–Kier alpha value is -1.24. The first-order valence-electron chi connectivity index (χ1n) is 7.61. The summed E-state index contributed by atoms with van der Waals surface area (Å²) in [7, 11) is -3.22. The second kappa shape index (κ2) is 6.89. The number of aromatic nitrogens is 1. The van der Waals surface area contributed by atoms with Crippen LogP contribution in [0.25, 0.3) is 11.3 Å². The molecule has 118 valence electrons. The maximum Gasteiger partial charge on any atom is 0.214 e. The van der Waals surface area contributed by atoms with E-state index in [1.165, 1.54) is 0 Å². The standard InChI is InChI=1S/C16H20N2O2S2/c19-22(20,15-4-2-1-3-5-15)18-11-13-6-8-17-16(10-13)14-7-9-21-12-14/h6-10,12,15,18H,1-5,11H2. The number of hydrogen-bond donors (Lipinski definition) is 1. The number of pyridine rings is 1. The van der Waals surface area contributed by atoms with E-state index in [1.54, 1.807) is 17.5 Å². The van der Waals surface area contributed by atoms with Crippen molar-refractivity contribution >= 4 is 21.4 Å². The van der Waals surface area contributed by atoms with Gasteiger partial charge in [-0.05, 0) is 42.0 Å². The van der Waals surface area contributed by atoms with Crippen molar-refractivity contribution in [3.05, 3.63) is 40.7 Å². The van der Waals surface area contributed by atoms with Crippen LogP contribution in [0.2, 0.25) is 0 Å². The van der Waals surface area contributed by atoms with Crippen LogP contribution in [0.3, 0.4) is 0 Å². The zero-order chi connectivity index (χ0) is 15.4. The predicted molar refractivity (Wildman–Crippen MR) is 90.2 cm³/mol. The number of rotatable bonds is 5. The summed E-state index contributed by atoms with van der Waals surface area (Å²) in [5, 5.41) is 3.83. The van der Waals surface area contributed by atoms with Gasteiger partial charge in [0.1, 0.15) is 0 Å². The quantitative estimate of drug-likeness (QED) is 0.908. The minimum Gasteiger partial charge on any atom is -0.256 e. The molecular weight excluding hydrogens is 316 g/mol. The summed E-state index contributed by atoms with van der Waals surface area (Å²) in [6.07, 6.45) is 6.49. The highest BCUT2D eigenvalue weighted by Crippen LogP contribution is 2.24. The van der Waals surface area contributed by atoms with E-state index in [0.29, 0.717) is 6.54 Å². The van der Waals surface area contributed by atoms with Crippen LogP contribution in [0.15, 0.2) is 35.2 Å². The molecule has 6 heteroatoms. The third-order valence-corrected chi connectivity index (χ3v) is 6.69. The smallest absolute Gasteiger partial charge is 0.214 e. The van der Waals surface area contributed by atoms with Crippen molar-refractivity contribution in [2.24, 2.45) is 0 Å². The lowest BCUT2D eigenvalue weighted by atomic mass is 10.0. The third kappa shape index (κ3) is 3.74. The summed E-state index contributed by atoms with van der Waals surface area (Å²) in [4.78, 5) is 4.35. The van der Waals surface area contributed by atoms with E-state index in [-0.39, 0.29) is 5.25 Å². The third-order valence-electron chi connectivity index (χ3n) is 4.11. The van der Waals surface area contributed by atoms with Crippen LogP contribution in [0.4, 0.5) is 0 Å². The molecule has 0 atom stereocenters. The van der Waals surface area contributed by atoms with Crippen LogP contribution in [-0.4, -0.2) is 18.7 Å². The zero-order valence-corrected chi connectivity index (χ0v) is 14.0. The maximum atomic E-state index is 12.3. The molecule has 3 rings (SSSR count). The van der Waals surface area contributed by atoms with Crippen LogP contribution in [0, 0.1) is 0 Å². The van der Waals surface area contributed by atoms with Gasteiger partial charge in [-0.1, -0.05) is 19.3 Å². The number of nitrogens with one attached hydrogen (secondary N) is 1. The SMILES string of the molecule is O=S(=O)(NCc1ccnc(-c2ccsc2)c1)C1CCCCC1. The molecule has 0 saturated heterocycles. The van der Waals surface area contributed by atoms with E-state index >= 15 is 0 Å². The van der Waals surface area contributed by atoms with Gasteiger partial charge in [0.2, 0.25) is 10.0 Å². The van der Waals surface area contributed by atoms with Crippen LogP contribution in [0.5, 0.6) is 0 Å². The molecule has 2 aromatic heterocycles. The van der Waals surface area contributed by atoms with Crippen molar-refractivity contribution in [2.45, 2.75) is 43.9 Å². The first kappa shape index (κ1) is 15.6. The van der Waals surface area contributed by atoms with Crippen molar-refractivity contribution in [1.82, 2.24) is 9.71 Å². The normalized spacial score (nSPS) is 16.7.